The molecule has 4 heteroatoms. The van der Waals surface area contributed by atoms with Gasteiger partial charge in [-0.3, -0.25) is 0 Å². The summed E-state index contributed by atoms with van der Waals surface area (Å²) in [5.74, 6) is -3.61. The Labute approximate surface area is 82.2 Å². The van der Waals surface area contributed by atoms with Crippen molar-refractivity contribution in [3.8, 4) is 0 Å². The molecule has 0 aliphatic heterocycles. The maximum Gasteiger partial charge on any atom is 0.335 e. The first-order valence-electron chi connectivity index (χ1n) is 4.43. The summed E-state index contributed by atoms with van der Waals surface area (Å²) in [6.45, 7) is 3.61. The van der Waals surface area contributed by atoms with Crippen LogP contribution >= 0.6 is 0 Å². The number of rotatable bonds is 2. The van der Waals surface area contributed by atoms with E-state index in [1.807, 2.05) is 0 Å². The fraction of sp³-hybridized carbons (Fsp3) is 0.500. The van der Waals surface area contributed by atoms with Gasteiger partial charge in [0, 0.05) is 5.92 Å². The van der Waals surface area contributed by atoms with Crippen molar-refractivity contribution in [3.05, 3.63) is 23.8 Å². The smallest absolute Gasteiger partial charge is 0.335 e. The summed E-state index contributed by atoms with van der Waals surface area (Å²) in [6.07, 6.45) is 3.70. The van der Waals surface area contributed by atoms with Crippen LogP contribution in [0.25, 0.3) is 0 Å². The van der Waals surface area contributed by atoms with Gasteiger partial charge in [-0.25, -0.2) is 4.79 Å². The number of carboxylic acids is 1. The zero-order chi connectivity index (χ0) is 10.9. The van der Waals surface area contributed by atoms with E-state index in [4.69, 9.17) is 5.11 Å². The van der Waals surface area contributed by atoms with E-state index >= 15 is 0 Å². The molecule has 0 fully saturated rings. The van der Waals surface area contributed by atoms with Gasteiger partial charge < -0.3 is 15.3 Å². The normalized spacial score (nSPS) is 24.9. The summed E-state index contributed by atoms with van der Waals surface area (Å²) >= 11 is 0. The Hall–Kier alpha value is -1.13. The average molecular weight is 198 g/mol. The summed E-state index contributed by atoms with van der Waals surface area (Å²) in [4.78, 5) is 10.7. The molecule has 0 bridgehead atoms. The molecule has 0 amide bonds. The summed E-state index contributed by atoms with van der Waals surface area (Å²) in [5.41, 5.74) is 0.0995. The van der Waals surface area contributed by atoms with Crippen LogP contribution in [-0.4, -0.2) is 27.1 Å². The highest BCUT2D eigenvalue weighted by Gasteiger charge is 2.35. The summed E-state index contributed by atoms with van der Waals surface area (Å²) < 4.78 is 0. The molecule has 0 radical (unpaired) electrons. The topological polar surface area (TPSA) is 77.8 Å². The molecule has 0 heterocycles. The van der Waals surface area contributed by atoms with E-state index in [-0.39, 0.29) is 11.5 Å². The fourth-order valence-corrected chi connectivity index (χ4v) is 1.52. The molecule has 4 nitrogen and oxygen atoms in total. The van der Waals surface area contributed by atoms with Gasteiger partial charge >= 0.3 is 5.97 Å². The van der Waals surface area contributed by atoms with Gasteiger partial charge in [0.25, 0.3) is 0 Å². The molecule has 1 atom stereocenters. The van der Waals surface area contributed by atoms with Crippen LogP contribution in [0.4, 0.5) is 0 Å². The summed E-state index contributed by atoms with van der Waals surface area (Å²) in [5, 5.41) is 27.8. The summed E-state index contributed by atoms with van der Waals surface area (Å²) in [6, 6.07) is 0. The van der Waals surface area contributed by atoms with E-state index in [0.29, 0.717) is 0 Å². The van der Waals surface area contributed by atoms with Crippen molar-refractivity contribution in [2.45, 2.75) is 19.6 Å². The molecule has 0 saturated carbocycles. The second kappa shape index (κ2) is 3.55. The van der Waals surface area contributed by atoms with Crippen LogP contribution in [0.15, 0.2) is 23.8 Å². The van der Waals surface area contributed by atoms with Gasteiger partial charge in [0.05, 0.1) is 5.57 Å². The third kappa shape index (κ3) is 2.02. The average Bonchev–Trinajstić information content (AvgIpc) is 2.02. The van der Waals surface area contributed by atoms with Crippen LogP contribution in [0.5, 0.6) is 0 Å². The predicted octanol–water partition coefficient (Wildman–Crippen LogP) is 0.520. The quantitative estimate of drug-likeness (QED) is 0.565. The van der Waals surface area contributed by atoms with Crippen LogP contribution in [0.2, 0.25) is 0 Å². The van der Waals surface area contributed by atoms with Gasteiger partial charge in [0.15, 0.2) is 5.79 Å². The molecule has 1 unspecified atom stereocenters. The first-order chi connectivity index (χ1) is 6.34. The number of aliphatic carboxylic acids is 1. The number of carbonyl (C=O) groups is 1. The van der Waals surface area contributed by atoms with Crippen molar-refractivity contribution >= 4 is 5.97 Å². The first-order valence-corrected chi connectivity index (χ1v) is 4.43. The molecule has 1 rings (SSSR count). The van der Waals surface area contributed by atoms with E-state index in [0.717, 1.165) is 6.08 Å². The second-order valence-corrected chi connectivity index (χ2v) is 3.81. The van der Waals surface area contributed by atoms with Crippen molar-refractivity contribution < 1.29 is 20.1 Å². The van der Waals surface area contributed by atoms with E-state index < -0.39 is 17.7 Å². The minimum absolute atomic E-state index is 0.0377. The highest BCUT2D eigenvalue weighted by molar-refractivity contribution is 5.90. The minimum Gasteiger partial charge on any atom is -0.478 e. The molecule has 1 aliphatic carbocycles. The van der Waals surface area contributed by atoms with E-state index in [2.05, 4.69) is 0 Å². The van der Waals surface area contributed by atoms with Crippen molar-refractivity contribution in [3.63, 3.8) is 0 Å². The Balaban J connectivity index is 3.01. The summed E-state index contributed by atoms with van der Waals surface area (Å²) in [7, 11) is 0. The molecule has 3 N–H and O–H groups in total. The SMILES string of the molecule is CC(C)C1C=C(C(=O)O)C=CC1(O)O. The van der Waals surface area contributed by atoms with Crippen LogP contribution < -0.4 is 0 Å². The molecule has 0 aromatic carbocycles. The Morgan fingerprint density at radius 1 is 1.50 bits per heavy atom. The highest BCUT2D eigenvalue weighted by Crippen LogP contribution is 2.30. The van der Waals surface area contributed by atoms with E-state index in [9.17, 15) is 15.0 Å². The third-order valence-corrected chi connectivity index (χ3v) is 2.32. The monoisotopic (exact) mass is 198 g/mol. The lowest BCUT2D eigenvalue weighted by molar-refractivity contribution is -0.158. The molecule has 0 spiro atoms. The van der Waals surface area contributed by atoms with Gasteiger partial charge in [-0.2, -0.15) is 0 Å². The Morgan fingerprint density at radius 3 is 2.50 bits per heavy atom. The molecular weight excluding hydrogens is 184 g/mol. The molecule has 0 aromatic rings. The number of hydrogen-bond donors (Lipinski definition) is 3. The lowest BCUT2D eigenvalue weighted by Crippen LogP contribution is -2.39. The van der Waals surface area contributed by atoms with Gasteiger partial charge in [0.2, 0.25) is 0 Å². The molecular formula is C10H14O4. The first kappa shape index (κ1) is 10.9. The minimum atomic E-state index is -1.94. The van der Waals surface area contributed by atoms with Crippen LogP contribution in [0.3, 0.4) is 0 Å². The lowest BCUT2D eigenvalue weighted by Gasteiger charge is -2.32. The maximum atomic E-state index is 10.7. The van der Waals surface area contributed by atoms with Gasteiger partial charge in [-0.1, -0.05) is 19.9 Å². The zero-order valence-corrected chi connectivity index (χ0v) is 8.14. The third-order valence-electron chi connectivity index (χ3n) is 2.32. The number of carboxylic acid groups (broad SMARTS) is 1. The van der Waals surface area contributed by atoms with Gasteiger partial charge in [-0.05, 0) is 18.1 Å². The van der Waals surface area contributed by atoms with Crippen LogP contribution in [0, 0.1) is 11.8 Å². The van der Waals surface area contributed by atoms with Crippen molar-refractivity contribution in [2.24, 2.45) is 11.8 Å². The van der Waals surface area contributed by atoms with Crippen LogP contribution in [-0.2, 0) is 4.79 Å². The van der Waals surface area contributed by atoms with Gasteiger partial charge in [-0.15, -0.1) is 0 Å². The second-order valence-electron chi connectivity index (χ2n) is 3.81. The lowest BCUT2D eigenvalue weighted by atomic mass is 9.82. The van der Waals surface area contributed by atoms with E-state index in [1.54, 1.807) is 13.8 Å². The molecule has 78 valence electrons. The predicted molar refractivity (Wildman–Crippen MR) is 50.4 cm³/mol. The maximum absolute atomic E-state index is 10.7. The Bertz CT molecular complexity index is 299. The fourth-order valence-electron chi connectivity index (χ4n) is 1.52. The van der Waals surface area contributed by atoms with E-state index in [1.165, 1.54) is 12.2 Å². The molecule has 0 saturated heterocycles. The standard InChI is InChI=1S/C10H14O4/c1-6(2)8-5-7(9(11)12)3-4-10(8,13)14/h3-6,8,13-14H,1-2H3,(H,11,12). The molecule has 14 heavy (non-hydrogen) atoms. The van der Waals surface area contributed by atoms with Gasteiger partial charge in [0.1, 0.15) is 0 Å². The Morgan fingerprint density at radius 2 is 2.07 bits per heavy atom. The largest absolute Gasteiger partial charge is 0.478 e. The van der Waals surface area contributed by atoms with Crippen molar-refractivity contribution in [1.29, 1.82) is 0 Å². The van der Waals surface area contributed by atoms with Crippen LogP contribution in [0.1, 0.15) is 13.8 Å². The number of hydrogen-bond acceptors (Lipinski definition) is 3. The Kier molecular flexibility index (Phi) is 2.78. The molecule has 1 aliphatic rings. The zero-order valence-electron chi connectivity index (χ0n) is 8.14. The number of aliphatic hydroxyl groups is 2. The molecule has 0 aromatic heterocycles. The highest BCUT2D eigenvalue weighted by atomic mass is 16.5. The van der Waals surface area contributed by atoms with Crippen molar-refractivity contribution in [2.75, 3.05) is 0 Å². The van der Waals surface area contributed by atoms with Crippen molar-refractivity contribution in [1.82, 2.24) is 0 Å².